The molecule has 1 aromatic carbocycles. The van der Waals surface area contributed by atoms with Crippen LogP contribution in [0, 0.1) is 0 Å². The van der Waals surface area contributed by atoms with Gasteiger partial charge in [0.2, 0.25) is 5.91 Å². The first-order valence-corrected chi connectivity index (χ1v) is 10.4. The molecule has 1 aromatic heterocycles. The van der Waals surface area contributed by atoms with Gasteiger partial charge in [-0.2, -0.15) is 0 Å². The molecule has 1 aliphatic rings. The standard InChI is InChI=1S/C20H26N4O4S/c1-27-11-9-21-18(25)17-8-3-4-10-24(17)19(26)16-13-29-20(23-16)22-14-6-5-7-15(12-14)28-2/h5-7,12-13,17H,3-4,8-11H2,1-2H3,(H,21,25)(H,22,23)/t17-/m0/s1. The van der Waals surface area contributed by atoms with Gasteiger partial charge in [0.15, 0.2) is 5.13 Å². The van der Waals surface area contributed by atoms with Crippen molar-refractivity contribution in [2.75, 3.05) is 39.2 Å². The number of methoxy groups -OCH3 is 2. The number of piperidine rings is 1. The Hall–Kier alpha value is -2.65. The van der Waals surface area contributed by atoms with Crippen molar-refractivity contribution in [3.63, 3.8) is 0 Å². The maximum Gasteiger partial charge on any atom is 0.274 e. The third-order valence-electron chi connectivity index (χ3n) is 4.72. The fourth-order valence-electron chi connectivity index (χ4n) is 3.24. The van der Waals surface area contributed by atoms with Gasteiger partial charge in [-0.1, -0.05) is 6.07 Å². The molecule has 2 heterocycles. The number of carbonyl (C=O) groups is 2. The summed E-state index contributed by atoms with van der Waals surface area (Å²) in [7, 11) is 3.20. The first-order valence-electron chi connectivity index (χ1n) is 9.56. The first kappa shape index (κ1) is 21.1. The fraction of sp³-hybridized carbons (Fsp3) is 0.450. The SMILES string of the molecule is COCCNC(=O)[C@@H]1CCCCN1C(=O)c1csc(Nc2cccc(OC)c2)n1. The van der Waals surface area contributed by atoms with Crippen LogP contribution in [0.2, 0.25) is 0 Å². The summed E-state index contributed by atoms with van der Waals surface area (Å²) in [4.78, 5) is 31.6. The Morgan fingerprint density at radius 2 is 2.17 bits per heavy atom. The smallest absolute Gasteiger partial charge is 0.274 e. The number of anilines is 2. The summed E-state index contributed by atoms with van der Waals surface area (Å²) < 4.78 is 10.2. The zero-order chi connectivity index (χ0) is 20.6. The highest BCUT2D eigenvalue weighted by atomic mass is 32.1. The van der Waals surface area contributed by atoms with Crippen molar-refractivity contribution in [2.45, 2.75) is 25.3 Å². The van der Waals surface area contributed by atoms with Crippen molar-refractivity contribution in [1.29, 1.82) is 0 Å². The van der Waals surface area contributed by atoms with E-state index in [4.69, 9.17) is 9.47 Å². The molecule has 156 valence electrons. The van der Waals surface area contributed by atoms with Gasteiger partial charge in [-0.15, -0.1) is 11.3 Å². The summed E-state index contributed by atoms with van der Waals surface area (Å²) in [6.07, 6.45) is 2.46. The minimum Gasteiger partial charge on any atom is -0.497 e. The molecule has 0 unspecified atom stereocenters. The highest BCUT2D eigenvalue weighted by Crippen LogP contribution is 2.26. The molecule has 3 rings (SSSR count). The van der Waals surface area contributed by atoms with E-state index < -0.39 is 6.04 Å². The van der Waals surface area contributed by atoms with E-state index >= 15 is 0 Å². The van der Waals surface area contributed by atoms with Gasteiger partial charge in [0, 0.05) is 37.3 Å². The first-order chi connectivity index (χ1) is 14.1. The van der Waals surface area contributed by atoms with Gasteiger partial charge >= 0.3 is 0 Å². The van der Waals surface area contributed by atoms with Crippen LogP contribution in [0.3, 0.4) is 0 Å². The van der Waals surface area contributed by atoms with Crippen LogP contribution in [-0.2, 0) is 9.53 Å². The third kappa shape index (κ3) is 5.45. The number of amides is 2. The van der Waals surface area contributed by atoms with E-state index in [9.17, 15) is 9.59 Å². The number of likely N-dealkylation sites (tertiary alicyclic amines) is 1. The Kier molecular flexibility index (Phi) is 7.42. The Bertz CT molecular complexity index is 841. The van der Waals surface area contributed by atoms with E-state index in [1.807, 2.05) is 24.3 Å². The molecule has 1 saturated heterocycles. The summed E-state index contributed by atoms with van der Waals surface area (Å²) in [5, 5.41) is 8.36. The van der Waals surface area contributed by atoms with E-state index in [1.165, 1.54) is 11.3 Å². The topological polar surface area (TPSA) is 92.8 Å². The summed E-state index contributed by atoms with van der Waals surface area (Å²) >= 11 is 1.35. The van der Waals surface area contributed by atoms with Crippen LogP contribution in [0.25, 0.3) is 0 Å². The lowest BCUT2D eigenvalue weighted by Crippen LogP contribution is -2.52. The number of ether oxygens (including phenoxy) is 2. The van der Waals surface area contributed by atoms with Crippen molar-refractivity contribution < 1.29 is 19.1 Å². The molecule has 0 spiro atoms. The summed E-state index contributed by atoms with van der Waals surface area (Å²) in [6.45, 7) is 1.42. The zero-order valence-corrected chi connectivity index (χ0v) is 17.5. The molecule has 1 aliphatic heterocycles. The van der Waals surface area contributed by atoms with Gasteiger partial charge in [-0.05, 0) is 31.4 Å². The van der Waals surface area contributed by atoms with Crippen molar-refractivity contribution in [2.24, 2.45) is 0 Å². The van der Waals surface area contributed by atoms with E-state index in [0.717, 1.165) is 24.3 Å². The van der Waals surface area contributed by atoms with Gasteiger partial charge < -0.3 is 25.0 Å². The number of carbonyl (C=O) groups excluding carboxylic acids is 2. The van der Waals surface area contributed by atoms with Crippen LogP contribution in [0.5, 0.6) is 5.75 Å². The second-order valence-electron chi connectivity index (χ2n) is 6.69. The average Bonchev–Trinajstić information content (AvgIpc) is 3.22. The average molecular weight is 419 g/mol. The molecule has 1 atom stereocenters. The summed E-state index contributed by atoms with van der Waals surface area (Å²) in [6, 6.07) is 7.02. The largest absolute Gasteiger partial charge is 0.497 e. The van der Waals surface area contributed by atoms with Crippen LogP contribution < -0.4 is 15.4 Å². The predicted molar refractivity (Wildman–Crippen MR) is 112 cm³/mol. The third-order valence-corrected chi connectivity index (χ3v) is 5.47. The molecule has 2 amide bonds. The highest BCUT2D eigenvalue weighted by molar-refractivity contribution is 7.14. The number of nitrogens with one attached hydrogen (secondary N) is 2. The van der Waals surface area contributed by atoms with Crippen molar-refractivity contribution in [3.8, 4) is 5.75 Å². The lowest BCUT2D eigenvalue weighted by Gasteiger charge is -2.34. The van der Waals surface area contributed by atoms with Crippen LogP contribution in [-0.4, -0.2) is 61.7 Å². The summed E-state index contributed by atoms with van der Waals surface area (Å²) in [5.41, 5.74) is 1.17. The number of hydrogen-bond donors (Lipinski definition) is 2. The second-order valence-corrected chi connectivity index (χ2v) is 7.55. The Morgan fingerprint density at radius 1 is 1.31 bits per heavy atom. The van der Waals surface area contributed by atoms with Crippen molar-refractivity contribution >= 4 is 34.0 Å². The monoisotopic (exact) mass is 418 g/mol. The Balaban J connectivity index is 1.67. The van der Waals surface area contributed by atoms with Gasteiger partial charge in [0.25, 0.3) is 5.91 Å². The van der Waals surface area contributed by atoms with Crippen LogP contribution in [0.15, 0.2) is 29.6 Å². The number of thiazole rings is 1. The van der Waals surface area contributed by atoms with Gasteiger partial charge in [-0.3, -0.25) is 9.59 Å². The van der Waals surface area contributed by atoms with Crippen LogP contribution >= 0.6 is 11.3 Å². The van der Waals surface area contributed by atoms with Gasteiger partial charge in [-0.25, -0.2) is 4.98 Å². The Labute approximate surface area is 174 Å². The second kappa shape index (κ2) is 10.2. The molecule has 2 aromatic rings. The van der Waals surface area contributed by atoms with Crippen molar-refractivity contribution in [1.82, 2.24) is 15.2 Å². The number of benzene rings is 1. The molecule has 0 radical (unpaired) electrons. The molecule has 2 N–H and O–H groups in total. The number of hydrogen-bond acceptors (Lipinski definition) is 7. The lowest BCUT2D eigenvalue weighted by molar-refractivity contribution is -0.126. The van der Waals surface area contributed by atoms with E-state index in [1.54, 1.807) is 24.5 Å². The van der Waals surface area contributed by atoms with Crippen LogP contribution in [0.4, 0.5) is 10.8 Å². The van der Waals surface area contributed by atoms with E-state index in [-0.39, 0.29) is 11.8 Å². The minimum absolute atomic E-state index is 0.139. The molecule has 29 heavy (non-hydrogen) atoms. The fourth-order valence-corrected chi connectivity index (χ4v) is 3.95. The quantitative estimate of drug-likeness (QED) is 0.641. The number of aromatic nitrogens is 1. The maximum absolute atomic E-state index is 13.0. The highest BCUT2D eigenvalue weighted by Gasteiger charge is 2.33. The molecular formula is C20H26N4O4S. The van der Waals surface area contributed by atoms with Crippen molar-refractivity contribution in [3.05, 3.63) is 35.3 Å². The molecule has 0 aliphatic carbocycles. The minimum atomic E-state index is -0.468. The normalized spacial score (nSPS) is 16.3. The molecule has 1 fully saturated rings. The maximum atomic E-state index is 13.0. The molecule has 0 bridgehead atoms. The summed E-state index contributed by atoms with van der Waals surface area (Å²) in [5.74, 6) is 0.380. The van der Waals surface area contributed by atoms with Gasteiger partial charge in [0.1, 0.15) is 17.5 Å². The molecular weight excluding hydrogens is 392 g/mol. The molecule has 0 saturated carbocycles. The van der Waals surface area contributed by atoms with Crippen LogP contribution in [0.1, 0.15) is 29.8 Å². The Morgan fingerprint density at radius 3 is 2.97 bits per heavy atom. The lowest BCUT2D eigenvalue weighted by atomic mass is 10.0. The molecule has 8 nitrogen and oxygen atoms in total. The number of rotatable bonds is 8. The number of nitrogens with zero attached hydrogens (tertiary/aromatic N) is 2. The zero-order valence-electron chi connectivity index (χ0n) is 16.6. The van der Waals surface area contributed by atoms with E-state index in [0.29, 0.717) is 36.9 Å². The predicted octanol–water partition coefficient (Wildman–Crippen LogP) is 2.65. The molecule has 9 heteroatoms. The van der Waals surface area contributed by atoms with E-state index in [2.05, 4.69) is 15.6 Å². The van der Waals surface area contributed by atoms with Gasteiger partial charge in [0.05, 0.1) is 13.7 Å².